The predicted octanol–water partition coefficient (Wildman–Crippen LogP) is -0.484. The zero-order valence-electron chi connectivity index (χ0n) is 16.1. The van der Waals surface area contributed by atoms with Gasteiger partial charge in [-0.15, -0.1) is 0 Å². The summed E-state index contributed by atoms with van der Waals surface area (Å²) in [6.45, 7) is 8.43. The Balaban J connectivity index is 1.43. The first-order chi connectivity index (χ1) is 13.1. The molecule has 9 heteroatoms. The third kappa shape index (κ3) is 4.70. The molecule has 3 aliphatic rings. The van der Waals surface area contributed by atoms with Gasteiger partial charge in [-0.25, -0.2) is 4.79 Å². The zero-order valence-corrected chi connectivity index (χ0v) is 16.1. The highest BCUT2D eigenvalue weighted by atomic mass is 16.6. The van der Waals surface area contributed by atoms with Crippen LogP contribution in [0.4, 0.5) is 4.79 Å². The van der Waals surface area contributed by atoms with Gasteiger partial charge in [0.1, 0.15) is 5.41 Å². The fraction of sp³-hybridized carbons (Fsp3) is 0.833. The molecule has 0 aromatic rings. The van der Waals surface area contributed by atoms with Crippen molar-refractivity contribution >= 4 is 17.9 Å². The molecule has 3 amide bonds. The minimum Gasteiger partial charge on any atom is -0.450 e. The number of ether oxygens (including phenoxy) is 2. The van der Waals surface area contributed by atoms with Crippen molar-refractivity contribution in [2.24, 2.45) is 5.41 Å². The third-order valence-electron chi connectivity index (χ3n) is 5.50. The van der Waals surface area contributed by atoms with Crippen molar-refractivity contribution in [1.82, 2.24) is 20.0 Å². The van der Waals surface area contributed by atoms with E-state index in [0.29, 0.717) is 52.2 Å². The van der Waals surface area contributed by atoms with Crippen LogP contribution in [0.3, 0.4) is 0 Å². The monoisotopic (exact) mass is 382 g/mol. The van der Waals surface area contributed by atoms with Gasteiger partial charge in [0.2, 0.25) is 11.8 Å². The Morgan fingerprint density at radius 3 is 2.22 bits per heavy atom. The van der Waals surface area contributed by atoms with Crippen molar-refractivity contribution in [2.45, 2.75) is 19.8 Å². The number of carbonyl (C=O) groups is 3. The lowest BCUT2D eigenvalue weighted by Gasteiger charge is -2.35. The average molecular weight is 382 g/mol. The maximum Gasteiger partial charge on any atom is 0.409 e. The average Bonchev–Trinajstić information content (AvgIpc) is 3.50. The summed E-state index contributed by atoms with van der Waals surface area (Å²) >= 11 is 0. The topological polar surface area (TPSA) is 91.4 Å². The van der Waals surface area contributed by atoms with Crippen LogP contribution in [0.25, 0.3) is 0 Å². The molecular weight excluding hydrogens is 352 g/mol. The fourth-order valence-corrected chi connectivity index (χ4v) is 3.59. The van der Waals surface area contributed by atoms with Crippen molar-refractivity contribution in [2.75, 3.05) is 72.2 Å². The summed E-state index contributed by atoms with van der Waals surface area (Å²) in [5.41, 5.74) is -0.892. The Bertz CT molecular complexity index is 552. The zero-order chi connectivity index (χ0) is 19.3. The third-order valence-corrected chi connectivity index (χ3v) is 5.50. The lowest BCUT2D eigenvalue weighted by molar-refractivity contribution is -0.145. The predicted molar refractivity (Wildman–Crippen MR) is 97.1 cm³/mol. The highest BCUT2D eigenvalue weighted by Crippen LogP contribution is 2.47. The number of rotatable bonds is 6. The van der Waals surface area contributed by atoms with E-state index in [2.05, 4.69) is 10.2 Å². The van der Waals surface area contributed by atoms with Crippen LogP contribution in [-0.2, 0) is 19.1 Å². The highest BCUT2D eigenvalue weighted by molar-refractivity contribution is 6.07. The molecule has 3 rings (SSSR count). The quantitative estimate of drug-likeness (QED) is 0.624. The second-order valence-electron chi connectivity index (χ2n) is 7.27. The molecule has 152 valence electrons. The molecule has 2 saturated heterocycles. The molecule has 3 fully saturated rings. The molecule has 9 nitrogen and oxygen atoms in total. The van der Waals surface area contributed by atoms with E-state index >= 15 is 0 Å². The van der Waals surface area contributed by atoms with E-state index in [1.165, 1.54) is 0 Å². The lowest BCUT2D eigenvalue weighted by Crippen LogP contribution is -2.54. The fourth-order valence-electron chi connectivity index (χ4n) is 3.59. The van der Waals surface area contributed by atoms with E-state index < -0.39 is 5.41 Å². The smallest absolute Gasteiger partial charge is 0.409 e. The number of piperazine rings is 1. The molecule has 0 spiro atoms. The Morgan fingerprint density at radius 2 is 1.63 bits per heavy atom. The van der Waals surface area contributed by atoms with Gasteiger partial charge < -0.3 is 24.6 Å². The molecular formula is C18H30N4O5. The molecule has 0 unspecified atom stereocenters. The molecule has 1 N–H and O–H groups in total. The van der Waals surface area contributed by atoms with Gasteiger partial charge in [-0.2, -0.15) is 0 Å². The highest BCUT2D eigenvalue weighted by Gasteiger charge is 2.58. The van der Waals surface area contributed by atoms with E-state index in [9.17, 15) is 14.4 Å². The lowest BCUT2D eigenvalue weighted by atomic mass is 10.0. The van der Waals surface area contributed by atoms with Crippen molar-refractivity contribution in [3.8, 4) is 0 Å². The van der Waals surface area contributed by atoms with E-state index in [1.807, 2.05) is 0 Å². The number of nitrogens with one attached hydrogen (secondary N) is 1. The summed E-state index contributed by atoms with van der Waals surface area (Å²) in [5.74, 6) is -0.261. The SMILES string of the molecule is CCOC(=O)N1CCN(C(=O)C2(C(=O)NCCN3CCOCC3)CC2)CC1. The Kier molecular flexibility index (Phi) is 6.54. The number of hydrogen-bond acceptors (Lipinski definition) is 6. The summed E-state index contributed by atoms with van der Waals surface area (Å²) in [6.07, 6.45) is 0.868. The van der Waals surface area contributed by atoms with E-state index in [0.717, 1.165) is 32.8 Å². The molecule has 0 bridgehead atoms. The van der Waals surface area contributed by atoms with Crippen molar-refractivity contribution < 1.29 is 23.9 Å². The number of morpholine rings is 1. The minimum atomic E-state index is -0.892. The second kappa shape index (κ2) is 8.88. The first kappa shape index (κ1) is 19.9. The van der Waals surface area contributed by atoms with Gasteiger partial charge in [0.25, 0.3) is 0 Å². The van der Waals surface area contributed by atoms with Crippen LogP contribution in [-0.4, -0.2) is 105 Å². The van der Waals surface area contributed by atoms with Gasteiger partial charge in [0.05, 0.1) is 19.8 Å². The van der Waals surface area contributed by atoms with Gasteiger partial charge in [-0.05, 0) is 19.8 Å². The van der Waals surface area contributed by atoms with Crippen molar-refractivity contribution in [3.05, 3.63) is 0 Å². The molecule has 0 aromatic carbocycles. The Morgan fingerprint density at radius 1 is 1.00 bits per heavy atom. The summed E-state index contributed by atoms with van der Waals surface area (Å²) in [6, 6.07) is 0. The number of nitrogens with zero attached hydrogens (tertiary/aromatic N) is 3. The van der Waals surface area contributed by atoms with E-state index in [-0.39, 0.29) is 17.9 Å². The van der Waals surface area contributed by atoms with E-state index in [4.69, 9.17) is 9.47 Å². The first-order valence-corrected chi connectivity index (χ1v) is 9.86. The van der Waals surface area contributed by atoms with E-state index in [1.54, 1.807) is 16.7 Å². The van der Waals surface area contributed by atoms with Gasteiger partial charge in [0, 0.05) is 52.4 Å². The van der Waals surface area contributed by atoms with Gasteiger partial charge in [-0.3, -0.25) is 14.5 Å². The summed E-state index contributed by atoms with van der Waals surface area (Å²) in [4.78, 5) is 42.9. The number of carbonyl (C=O) groups excluding carboxylic acids is 3. The van der Waals surface area contributed by atoms with Crippen LogP contribution in [0.1, 0.15) is 19.8 Å². The molecule has 1 aliphatic carbocycles. The summed E-state index contributed by atoms with van der Waals surface area (Å²) in [7, 11) is 0. The van der Waals surface area contributed by atoms with Gasteiger partial charge >= 0.3 is 6.09 Å². The molecule has 2 heterocycles. The van der Waals surface area contributed by atoms with Crippen LogP contribution in [0, 0.1) is 5.41 Å². The summed E-state index contributed by atoms with van der Waals surface area (Å²) < 4.78 is 10.3. The van der Waals surface area contributed by atoms with Crippen LogP contribution in [0.2, 0.25) is 0 Å². The minimum absolute atomic E-state index is 0.102. The normalized spacial score (nSPS) is 22.3. The Labute approximate surface area is 159 Å². The maximum absolute atomic E-state index is 12.9. The van der Waals surface area contributed by atoms with Crippen molar-refractivity contribution in [3.63, 3.8) is 0 Å². The largest absolute Gasteiger partial charge is 0.450 e. The molecule has 0 aromatic heterocycles. The van der Waals surface area contributed by atoms with Crippen LogP contribution >= 0.6 is 0 Å². The number of amides is 3. The standard InChI is InChI=1S/C18H30N4O5/c1-2-27-17(25)22-9-7-21(8-10-22)16(24)18(3-4-18)15(23)19-5-6-20-11-13-26-14-12-20/h2-14H2,1H3,(H,19,23). The molecule has 1 saturated carbocycles. The molecule has 0 atom stereocenters. The maximum atomic E-state index is 12.9. The van der Waals surface area contributed by atoms with Crippen molar-refractivity contribution in [1.29, 1.82) is 0 Å². The molecule has 2 aliphatic heterocycles. The van der Waals surface area contributed by atoms with Crippen LogP contribution < -0.4 is 5.32 Å². The molecule has 27 heavy (non-hydrogen) atoms. The molecule has 0 radical (unpaired) electrons. The van der Waals surface area contributed by atoms with Gasteiger partial charge in [0.15, 0.2) is 0 Å². The van der Waals surface area contributed by atoms with Crippen LogP contribution in [0.15, 0.2) is 0 Å². The Hall–Kier alpha value is -1.87. The number of hydrogen-bond donors (Lipinski definition) is 1. The van der Waals surface area contributed by atoms with Crippen LogP contribution in [0.5, 0.6) is 0 Å². The summed E-state index contributed by atoms with van der Waals surface area (Å²) in [5, 5.41) is 2.94. The first-order valence-electron chi connectivity index (χ1n) is 9.86. The second-order valence-corrected chi connectivity index (χ2v) is 7.27. The van der Waals surface area contributed by atoms with Gasteiger partial charge in [-0.1, -0.05) is 0 Å².